The van der Waals surface area contributed by atoms with Gasteiger partial charge in [0.2, 0.25) is 0 Å². The van der Waals surface area contributed by atoms with Gasteiger partial charge in [-0.3, -0.25) is 4.68 Å². The van der Waals surface area contributed by atoms with E-state index in [1.165, 1.54) is 56.9 Å². The summed E-state index contributed by atoms with van der Waals surface area (Å²) in [4.78, 5) is 0. The van der Waals surface area contributed by atoms with Gasteiger partial charge in [-0.25, -0.2) is 0 Å². The van der Waals surface area contributed by atoms with Gasteiger partial charge in [-0.15, -0.1) is 5.10 Å². The number of nitrogens with zero attached hydrogens (tertiary/aromatic N) is 3. The molecule has 0 saturated heterocycles. The Balaban J connectivity index is 1.66. The van der Waals surface area contributed by atoms with E-state index >= 15 is 0 Å². The second-order valence-corrected chi connectivity index (χ2v) is 6.21. The first-order valence-electron chi connectivity index (χ1n) is 8.77. The minimum atomic E-state index is 0.972. The standard InChI is InChI=1S/C19H29N3/c1-3-4-5-6-7-8-9-10-15-22-16-19(20-21-22)18-13-11-17(2)12-14-18/h11-14,16H,3-10,15H2,1-2H3. The summed E-state index contributed by atoms with van der Waals surface area (Å²) in [5.74, 6) is 0. The zero-order valence-electron chi connectivity index (χ0n) is 14.1. The van der Waals surface area contributed by atoms with E-state index in [0.29, 0.717) is 0 Å². The molecule has 0 aliphatic rings. The fourth-order valence-electron chi connectivity index (χ4n) is 2.67. The number of unbranched alkanes of at least 4 members (excludes halogenated alkanes) is 7. The number of benzene rings is 1. The van der Waals surface area contributed by atoms with Gasteiger partial charge in [0.25, 0.3) is 0 Å². The largest absolute Gasteiger partial charge is 0.252 e. The molecule has 2 aromatic rings. The molecule has 0 saturated carbocycles. The van der Waals surface area contributed by atoms with Gasteiger partial charge in [0.15, 0.2) is 0 Å². The second-order valence-electron chi connectivity index (χ2n) is 6.21. The number of hydrogen-bond donors (Lipinski definition) is 0. The third kappa shape index (κ3) is 5.63. The molecule has 0 unspecified atom stereocenters. The van der Waals surface area contributed by atoms with Crippen LogP contribution in [0.1, 0.15) is 63.9 Å². The monoisotopic (exact) mass is 299 g/mol. The van der Waals surface area contributed by atoms with E-state index in [-0.39, 0.29) is 0 Å². The number of rotatable bonds is 10. The number of aromatic nitrogens is 3. The molecule has 0 amide bonds. The molecule has 120 valence electrons. The minimum absolute atomic E-state index is 0.972. The van der Waals surface area contributed by atoms with Gasteiger partial charge in [-0.05, 0) is 13.3 Å². The van der Waals surface area contributed by atoms with Gasteiger partial charge >= 0.3 is 0 Å². The van der Waals surface area contributed by atoms with Gasteiger partial charge in [0.1, 0.15) is 5.69 Å². The van der Waals surface area contributed by atoms with Crippen molar-refractivity contribution < 1.29 is 0 Å². The van der Waals surface area contributed by atoms with E-state index < -0.39 is 0 Å². The molecular weight excluding hydrogens is 270 g/mol. The normalized spacial score (nSPS) is 11.0. The lowest BCUT2D eigenvalue weighted by Crippen LogP contribution is -1.98. The molecule has 0 bridgehead atoms. The highest BCUT2D eigenvalue weighted by atomic mass is 15.4. The second kappa shape index (κ2) is 9.39. The van der Waals surface area contributed by atoms with Crippen LogP contribution in [0.5, 0.6) is 0 Å². The average Bonchev–Trinajstić information content (AvgIpc) is 2.99. The summed E-state index contributed by atoms with van der Waals surface area (Å²) in [6, 6.07) is 8.46. The Kier molecular flexibility index (Phi) is 7.14. The van der Waals surface area contributed by atoms with E-state index in [4.69, 9.17) is 0 Å². The molecule has 0 fully saturated rings. The van der Waals surface area contributed by atoms with Crippen molar-refractivity contribution in [2.24, 2.45) is 0 Å². The Bertz CT molecular complexity index is 528. The van der Waals surface area contributed by atoms with E-state index in [9.17, 15) is 0 Å². The van der Waals surface area contributed by atoms with E-state index in [1.54, 1.807) is 0 Å². The number of hydrogen-bond acceptors (Lipinski definition) is 2. The van der Waals surface area contributed by atoms with Crippen molar-refractivity contribution in [2.75, 3.05) is 0 Å². The fraction of sp³-hybridized carbons (Fsp3) is 0.579. The van der Waals surface area contributed by atoms with Gasteiger partial charge < -0.3 is 0 Å². The quantitative estimate of drug-likeness (QED) is 0.550. The molecule has 0 atom stereocenters. The van der Waals surface area contributed by atoms with Crippen LogP contribution in [-0.2, 0) is 6.54 Å². The Morgan fingerprint density at radius 3 is 2.18 bits per heavy atom. The first-order chi connectivity index (χ1) is 10.8. The van der Waals surface area contributed by atoms with Crippen LogP contribution in [0.25, 0.3) is 11.3 Å². The molecule has 2 rings (SSSR count). The first-order valence-corrected chi connectivity index (χ1v) is 8.77. The van der Waals surface area contributed by atoms with Crippen molar-refractivity contribution >= 4 is 0 Å². The van der Waals surface area contributed by atoms with Crippen LogP contribution >= 0.6 is 0 Å². The summed E-state index contributed by atoms with van der Waals surface area (Å²) in [5, 5.41) is 8.52. The highest BCUT2D eigenvalue weighted by Crippen LogP contribution is 2.17. The molecule has 1 aromatic heterocycles. The lowest BCUT2D eigenvalue weighted by atomic mass is 10.1. The lowest BCUT2D eigenvalue weighted by Gasteiger charge is -2.02. The van der Waals surface area contributed by atoms with Crippen LogP contribution in [0.2, 0.25) is 0 Å². The zero-order chi connectivity index (χ0) is 15.6. The third-order valence-corrected chi connectivity index (χ3v) is 4.13. The summed E-state index contributed by atoms with van der Waals surface area (Å²) in [7, 11) is 0. The van der Waals surface area contributed by atoms with Crippen LogP contribution in [0.4, 0.5) is 0 Å². The first kappa shape index (κ1) is 16.7. The lowest BCUT2D eigenvalue weighted by molar-refractivity contribution is 0.511. The maximum absolute atomic E-state index is 4.28. The van der Waals surface area contributed by atoms with Gasteiger partial charge in [-0.2, -0.15) is 0 Å². The number of aryl methyl sites for hydroxylation is 2. The van der Waals surface area contributed by atoms with Crippen LogP contribution in [0.15, 0.2) is 30.5 Å². The Labute approximate surface area is 134 Å². The topological polar surface area (TPSA) is 30.7 Å². The maximum Gasteiger partial charge on any atom is 0.113 e. The van der Waals surface area contributed by atoms with Gasteiger partial charge in [-0.1, -0.05) is 86.9 Å². The predicted octanol–water partition coefficient (Wildman–Crippen LogP) is 5.39. The minimum Gasteiger partial charge on any atom is -0.252 e. The Hall–Kier alpha value is -1.64. The van der Waals surface area contributed by atoms with E-state index in [1.807, 2.05) is 4.68 Å². The van der Waals surface area contributed by atoms with Crippen molar-refractivity contribution in [3.8, 4) is 11.3 Å². The summed E-state index contributed by atoms with van der Waals surface area (Å²) < 4.78 is 1.98. The molecule has 0 aliphatic carbocycles. The SMILES string of the molecule is CCCCCCCCCCn1cc(-c2ccc(C)cc2)nn1. The van der Waals surface area contributed by atoms with Crippen molar-refractivity contribution in [1.29, 1.82) is 0 Å². The van der Waals surface area contributed by atoms with Gasteiger partial charge in [0.05, 0.1) is 6.20 Å². The van der Waals surface area contributed by atoms with Crippen LogP contribution < -0.4 is 0 Å². The molecule has 1 aromatic carbocycles. The molecule has 0 aliphatic heterocycles. The molecule has 0 spiro atoms. The molecule has 22 heavy (non-hydrogen) atoms. The maximum atomic E-state index is 4.28. The van der Waals surface area contributed by atoms with Crippen LogP contribution in [0.3, 0.4) is 0 Å². The zero-order valence-corrected chi connectivity index (χ0v) is 14.1. The highest BCUT2D eigenvalue weighted by Gasteiger charge is 2.03. The van der Waals surface area contributed by atoms with Crippen molar-refractivity contribution in [1.82, 2.24) is 15.0 Å². The Morgan fingerprint density at radius 2 is 1.50 bits per heavy atom. The summed E-state index contributed by atoms with van der Waals surface area (Å²) in [5.41, 5.74) is 3.39. The molecule has 3 heteroatoms. The van der Waals surface area contributed by atoms with Gasteiger partial charge in [0, 0.05) is 12.1 Å². The molecule has 3 nitrogen and oxygen atoms in total. The predicted molar refractivity (Wildman–Crippen MR) is 92.8 cm³/mol. The average molecular weight is 299 g/mol. The van der Waals surface area contributed by atoms with Crippen LogP contribution in [0, 0.1) is 6.92 Å². The summed E-state index contributed by atoms with van der Waals surface area (Å²) in [6.45, 7) is 5.35. The van der Waals surface area contributed by atoms with Crippen molar-refractivity contribution in [3.63, 3.8) is 0 Å². The van der Waals surface area contributed by atoms with Crippen molar-refractivity contribution in [3.05, 3.63) is 36.0 Å². The van der Waals surface area contributed by atoms with Crippen LogP contribution in [-0.4, -0.2) is 15.0 Å². The molecule has 1 heterocycles. The molecule has 0 radical (unpaired) electrons. The molecular formula is C19H29N3. The highest BCUT2D eigenvalue weighted by molar-refractivity contribution is 5.57. The summed E-state index contributed by atoms with van der Waals surface area (Å²) in [6.07, 6.45) is 12.8. The molecule has 0 N–H and O–H groups in total. The van der Waals surface area contributed by atoms with E-state index in [2.05, 4.69) is 54.6 Å². The smallest absolute Gasteiger partial charge is 0.113 e. The van der Waals surface area contributed by atoms with E-state index in [0.717, 1.165) is 17.8 Å². The third-order valence-electron chi connectivity index (χ3n) is 4.13. The fourth-order valence-corrected chi connectivity index (χ4v) is 2.67. The van der Waals surface area contributed by atoms with Crippen molar-refractivity contribution in [2.45, 2.75) is 71.8 Å². The summed E-state index contributed by atoms with van der Waals surface area (Å²) >= 11 is 0. The Morgan fingerprint density at radius 1 is 0.864 bits per heavy atom.